The lowest BCUT2D eigenvalue weighted by molar-refractivity contribution is 0.160. The minimum Gasteiger partial charge on any atom is -0.393 e. The van der Waals surface area contributed by atoms with Crippen LogP contribution >= 0.6 is 0 Å². The van der Waals surface area contributed by atoms with Crippen molar-refractivity contribution in [3.8, 4) is 0 Å². The molecule has 2 nitrogen and oxygen atoms in total. The molecule has 0 aromatic heterocycles. The molecule has 0 saturated carbocycles. The Bertz CT molecular complexity index is 112. The van der Waals surface area contributed by atoms with Gasteiger partial charge in [0.1, 0.15) is 0 Å². The standard InChI is InChI=1S/C9H19NO/c1-4-9(11)5-6-10-7-8(2)3/h9-11H,2,4-7H2,1,3H3. The maximum absolute atomic E-state index is 9.16. The summed E-state index contributed by atoms with van der Waals surface area (Å²) in [4.78, 5) is 0. The van der Waals surface area contributed by atoms with Gasteiger partial charge in [-0.3, -0.25) is 0 Å². The van der Waals surface area contributed by atoms with E-state index in [0.717, 1.165) is 31.5 Å². The van der Waals surface area contributed by atoms with Crippen LogP contribution in [0.15, 0.2) is 12.2 Å². The molecule has 2 heteroatoms. The van der Waals surface area contributed by atoms with E-state index in [9.17, 15) is 0 Å². The monoisotopic (exact) mass is 157 g/mol. The van der Waals surface area contributed by atoms with Crippen molar-refractivity contribution in [2.24, 2.45) is 0 Å². The third-order valence-corrected chi connectivity index (χ3v) is 1.55. The van der Waals surface area contributed by atoms with Gasteiger partial charge >= 0.3 is 0 Å². The van der Waals surface area contributed by atoms with Crippen LogP contribution < -0.4 is 5.32 Å². The second kappa shape index (κ2) is 6.38. The minimum atomic E-state index is -0.146. The summed E-state index contributed by atoms with van der Waals surface area (Å²) in [5.74, 6) is 0. The molecule has 1 atom stereocenters. The molecule has 0 aromatic rings. The summed E-state index contributed by atoms with van der Waals surface area (Å²) in [6.07, 6.45) is 1.53. The van der Waals surface area contributed by atoms with Crippen LogP contribution in [-0.2, 0) is 0 Å². The largest absolute Gasteiger partial charge is 0.393 e. The SMILES string of the molecule is C=C(C)CNCCC(O)CC. The number of nitrogens with one attached hydrogen (secondary N) is 1. The Morgan fingerprint density at radius 1 is 1.64 bits per heavy atom. The summed E-state index contributed by atoms with van der Waals surface area (Å²) in [6, 6.07) is 0. The van der Waals surface area contributed by atoms with Gasteiger partial charge in [-0.05, 0) is 26.3 Å². The molecule has 2 N–H and O–H groups in total. The number of hydrogen-bond donors (Lipinski definition) is 2. The Labute approximate surface area is 69.3 Å². The van der Waals surface area contributed by atoms with E-state index in [-0.39, 0.29) is 6.10 Å². The summed E-state index contributed by atoms with van der Waals surface area (Å²) in [5.41, 5.74) is 1.14. The molecule has 0 radical (unpaired) electrons. The zero-order valence-electron chi connectivity index (χ0n) is 7.56. The summed E-state index contributed by atoms with van der Waals surface area (Å²) < 4.78 is 0. The molecule has 0 amide bonds. The Hall–Kier alpha value is -0.340. The summed E-state index contributed by atoms with van der Waals surface area (Å²) >= 11 is 0. The Balaban J connectivity index is 3.08. The minimum absolute atomic E-state index is 0.146. The highest BCUT2D eigenvalue weighted by atomic mass is 16.3. The van der Waals surface area contributed by atoms with E-state index in [1.165, 1.54) is 0 Å². The van der Waals surface area contributed by atoms with E-state index >= 15 is 0 Å². The third kappa shape index (κ3) is 7.56. The molecule has 1 unspecified atom stereocenters. The van der Waals surface area contributed by atoms with Crippen molar-refractivity contribution in [2.75, 3.05) is 13.1 Å². The fourth-order valence-electron chi connectivity index (χ4n) is 0.775. The molecule has 0 heterocycles. The van der Waals surface area contributed by atoms with Crippen molar-refractivity contribution in [2.45, 2.75) is 32.8 Å². The van der Waals surface area contributed by atoms with Crippen molar-refractivity contribution in [1.82, 2.24) is 5.32 Å². The van der Waals surface area contributed by atoms with E-state index in [0.29, 0.717) is 0 Å². The van der Waals surface area contributed by atoms with Gasteiger partial charge in [-0.2, -0.15) is 0 Å². The van der Waals surface area contributed by atoms with Gasteiger partial charge < -0.3 is 10.4 Å². The lowest BCUT2D eigenvalue weighted by Crippen LogP contribution is -2.21. The van der Waals surface area contributed by atoms with Crippen LogP contribution in [0.2, 0.25) is 0 Å². The van der Waals surface area contributed by atoms with Gasteiger partial charge in [-0.25, -0.2) is 0 Å². The second-order valence-corrected chi connectivity index (χ2v) is 2.98. The van der Waals surface area contributed by atoms with Crippen LogP contribution in [0.3, 0.4) is 0 Å². The van der Waals surface area contributed by atoms with Gasteiger partial charge in [-0.15, -0.1) is 0 Å². The molecule has 66 valence electrons. The summed E-state index contributed by atoms with van der Waals surface area (Å²) in [6.45, 7) is 9.48. The van der Waals surface area contributed by atoms with E-state index in [2.05, 4.69) is 11.9 Å². The van der Waals surface area contributed by atoms with E-state index < -0.39 is 0 Å². The summed E-state index contributed by atoms with van der Waals surface area (Å²) in [7, 11) is 0. The van der Waals surface area contributed by atoms with Crippen molar-refractivity contribution in [1.29, 1.82) is 0 Å². The maximum Gasteiger partial charge on any atom is 0.0549 e. The van der Waals surface area contributed by atoms with Crippen LogP contribution in [0.5, 0.6) is 0 Å². The van der Waals surface area contributed by atoms with Gasteiger partial charge in [0.25, 0.3) is 0 Å². The first-order chi connectivity index (χ1) is 5.16. The van der Waals surface area contributed by atoms with E-state index in [4.69, 9.17) is 5.11 Å². The number of hydrogen-bond acceptors (Lipinski definition) is 2. The fourth-order valence-corrected chi connectivity index (χ4v) is 0.775. The van der Waals surface area contributed by atoms with Crippen LogP contribution in [-0.4, -0.2) is 24.3 Å². The Kier molecular flexibility index (Phi) is 6.18. The zero-order valence-corrected chi connectivity index (χ0v) is 7.56. The number of aliphatic hydroxyl groups excluding tert-OH is 1. The zero-order chi connectivity index (χ0) is 8.69. The first-order valence-corrected chi connectivity index (χ1v) is 4.20. The average Bonchev–Trinajstić information content (AvgIpc) is 1.97. The lowest BCUT2D eigenvalue weighted by Gasteiger charge is -2.07. The first-order valence-electron chi connectivity index (χ1n) is 4.20. The van der Waals surface area contributed by atoms with Gasteiger partial charge in [0.15, 0.2) is 0 Å². The van der Waals surface area contributed by atoms with Crippen LogP contribution in [0.4, 0.5) is 0 Å². The normalized spacial score (nSPS) is 13.0. The topological polar surface area (TPSA) is 32.3 Å². The van der Waals surface area contributed by atoms with Crippen molar-refractivity contribution < 1.29 is 5.11 Å². The fraction of sp³-hybridized carbons (Fsp3) is 0.778. The molecule has 0 aliphatic rings. The Morgan fingerprint density at radius 2 is 2.27 bits per heavy atom. The Morgan fingerprint density at radius 3 is 2.73 bits per heavy atom. The van der Waals surface area contributed by atoms with E-state index in [1.807, 2.05) is 13.8 Å². The van der Waals surface area contributed by atoms with Gasteiger partial charge in [0.05, 0.1) is 6.10 Å². The predicted octanol–water partition coefficient (Wildman–Crippen LogP) is 1.31. The number of rotatable bonds is 6. The molecule has 0 aromatic carbocycles. The first kappa shape index (κ1) is 10.7. The molecule has 0 aliphatic heterocycles. The molecular weight excluding hydrogens is 138 g/mol. The van der Waals surface area contributed by atoms with Gasteiger partial charge in [0, 0.05) is 6.54 Å². The highest BCUT2D eigenvalue weighted by Crippen LogP contribution is 1.94. The predicted molar refractivity (Wildman–Crippen MR) is 48.6 cm³/mol. The number of aliphatic hydroxyl groups is 1. The molecule has 0 bridgehead atoms. The van der Waals surface area contributed by atoms with Crippen LogP contribution in [0, 0.1) is 0 Å². The van der Waals surface area contributed by atoms with Crippen LogP contribution in [0.1, 0.15) is 26.7 Å². The maximum atomic E-state index is 9.16. The van der Waals surface area contributed by atoms with E-state index in [1.54, 1.807) is 0 Å². The van der Waals surface area contributed by atoms with Crippen molar-refractivity contribution in [3.63, 3.8) is 0 Å². The molecule has 11 heavy (non-hydrogen) atoms. The highest BCUT2D eigenvalue weighted by molar-refractivity contribution is 4.90. The molecule has 0 spiro atoms. The van der Waals surface area contributed by atoms with Gasteiger partial charge in [-0.1, -0.05) is 19.1 Å². The summed E-state index contributed by atoms with van der Waals surface area (Å²) in [5, 5.41) is 12.4. The third-order valence-electron chi connectivity index (χ3n) is 1.55. The van der Waals surface area contributed by atoms with Crippen LogP contribution in [0.25, 0.3) is 0 Å². The quantitative estimate of drug-likeness (QED) is 0.450. The molecule has 0 aliphatic carbocycles. The smallest absolute Gasteiger partial charge is 0.0549 e. The lowest BCUT2D eigenvalue weighted by atomic mass is 10.2. The molecule has 0 fully saturated rings. The van der Waals surface area contributed by atoms with Crippen molar-refractivity contribution in [3.05, 3.63) is 12.2 Å². The second-order valence-electron chi connectivity index (χ2n) is 2.98. The van der Waals surface area contributed by atoms with Gasteiger partial charge in [0.2, 0.25) is 0 Å². The molecule has 0 rings (SSSR count). The molecular formula is C9H19NO. The highest BCUT2D eigenvalue weighted by Gasteiger charge is 1.98. The molecule has 0 saturated heterocycles. The average molecular weight is 157 g/mol. The van der Waals surface area contributed by atoms with Crippen molar-refractivity contribution >= 4 is 0 Å².